The molecule has 12 heavy (non-hydrogen) atoms. The Morgan fingerprint density at radius 1 is 1.58 bits per heavy atom. The highest BCUT2D eigenvalue weighted by molar-refractivity contribution is 8.02. The first kappa shape index (κ1) is 7.35. The number of nitrogens with one attached hydrogen (secondary N) is 1. The number of amides is 2. The zero-order chi connectivity index (χ0) is 8.55. The summed E-state index contributed by atoms with van der Waals surface area (Å²) < 4.78 is 0. The molecule has 2 aliphatic rings. The Morgan fingerprint density at radius 3 is 3.25 bits per heavy atom. The maximum Gasteiger partial charge on any atom is 0.288 e. The lowest BCUT2D eigenvalue weighted by Gasteiger charge is -2.12. The van der Waals surface area contributed by atoms with Crippen LogP contribution in [0.3, 0.4) is 0 Å². The lowest BCUT2D eigenvalue weighted by atomic mass is 10.4. The van der Waals surface area contributed by atoms with Crippen LogP contribution in [-0.4, -0.2) is 28.8 Å². The predicted octanol–water partition coefficient (Wildman–Crippen LogP) is -0.524. The number of rotatable bonds is 0. The van der Waals surface area contributed by atoms with Crippen LogP contribution in [0.5, 0.6) is 0 Å². The molecule has 0 aromatic carbocycles. The smallest absolute Gasteiger partial charge is 0.288 e. The van der Waals surface area contributed by atoms with E-state index >= 15 is 0 Å². The quantitative estimate of drug-likeness (QED) is 0.549. The maximum atomic E-state index is 11.2. The summed E-state index contributed by atoms with van der Waals surface area (Å²) in [6, 6.07) is 0. The van der Waals surface area contributed by atoms with Gasteiger partial charge < -0.3 is 0 Å². The Morgan fingerprint density at radius 2 is 2.42 bits per heavy atom. The SMILES string of the molecule is O=C1NN=CC(=O)N2CSC=C12. The van der Waals surface area contributed by atoms with E-state index in [-0.39, 0.29) is 11.8 Å². The summed E-state index contributed by atoms with van der Waals surface area (Å²) in [5, 5.41) is 5.10. The van der Waals surface area contributed by atoms with Gasteiger partial charge in [-0.05, 0) is 0 Å². The molecule has 0 aromatic heterocycles. The van der Waals surface area contributed by atoms with Crippen molar-refractivity contribution in [2.24, 2.45) is 5.10 Å². The van der Waals surface area contributed by atoms with Crippen LogP contribution in [0.15, 0.2) is 16.2 Å². The van der Waals surface area contributed by atoms with E-state index in [0.29, 0.717) is 11.6 Å². The molecule has 5 nitrogen and oxygen atoms in total. The summed E-state index contributed by atoms with van der Waals surface area (Å²) >= 11 is 1.42. The molecule has 2 amide bonds. The van der Waals surface area contributed by atoms with Gasteiger partial charge in [-0.2, -0.15) is 5.10 Å². The normalized spacial score (nSPS) is 21.7. The number of hydrazone groups is 1. The van der Waals surface area contributed by atoms with Crippen molar-refractivity contribution in [1.29, 1.82) is 0 Å². The average molecular weight is 183 g/mol. The molecular weight excluding hydrogens is 178 g/mol. The molecule has 2 heterocycles. The number of hydrogen-bond acceptors (Lipinski definition) is 4. The number of nitrogens with zero attached hydrogens (tertiary/aromatic N) is 2. The first-order chi connectivity index (χ1) is 5.79. The fraction of sp³-hybridized carbons (Fsp3) is 0.167. The Hall–Kier alpha value is -1.30. The highest BCUT2D eigenvalue weighted by Crippen LogP contribution is 2.23. The molecule has 0 aliphatic carbocycles. The van der Waals surface area contributed by atoms with Gasteiger partial charge in [-0.15, -0.1) is 11.8 Å². The molecule has 2 aliphatic heterocycles. The van der Waals surface area contributed by atoms with Gasteiger partial charge in [0.25, 0.3) is 11.8 Å². The van der Waals surface area contributed by atoms with Crippen LogP contribution in [0.2, 0.25) is 0 Å². The third-order valence-corrected chi connectivity index (χ3v) is 2.33. The molecule has 0 atom stereocenters. The molecule has 0 aromatic rings. The number of carbonyl (C=O) groups excluding carboxylic acids is 2. The predicted molar refractivity (Wildman–Crippen MR) is 44.0 cm³/mol. The maximum absolute atomic E-state index is 11.2. The van der Waals surface area contributed by atoms with Gasteiger partial charge >= 0.3 is 0 Å². The van der Waals surface area contributed by atoms with Gasteiger partial charge in [-0.1, -0.05) is 0 Å². The van der Waals surface area contributed by atoms with Crippen molar-refractivity contribution in [2.75, 3.05) is 5.88 Å². The van der Waals surface area contributed by atoms with Gasteiger partial charge in [0.05, 0.1) is 5.88 Å². The zero-order valence-electron chi connectivity index (χ0n) is 5.98. The monoisotopic (exact) mass is 183 g/mol. The van der Waals surface area contributed by atoms with E-state index < -0.39 is 0 Å². The van der Waals surface area contributed by atoms with E-state index in [9.17, 15) is 9.59 Å². The van der Waals surface area contributed by atoms with Crippen molar-refractivity contribution in [2.45, 2.75) is 0 Å². The molecule has 0 bridgehead atoms. The summed E-state index contributed by atoms with van der Waals surface area (Å²) in [6.45, 7) is 0. The third-order valence-electron chi connectivity index (χ3n) is 1.53. The average Bonchev–Trinajstić information content (AvgIpc) is 2.47. The Labute approximate surface area is 72.5 Å². The topological polar surface area (TPSA) is 61.8 Å². The molecule has 0 saturated carbocycles. The van der Waals surface area contributed by atoms with E-state index in [2.05, 4.69) is 10.5 Å². The van der Waals surface area contributed by atoms with Gasteiger partial charge in [0.15, 0.2) is 0 Å². The van der Waals surface area contributed by atoms with Gasteiger partial charge in [0.2, 0.25) is 0 Å². The van der Waals surface area contributed by atoms with Crippen LogP contribution in [0, 0.1) is 0 Å². The standard InChI is InChI=1S/C6H5N3O2S/c10-5-1-7-8-6(11)4-2-12-3-9(4)5/h1-2H,3H2,(H,8,11). The second-order valence-corrected chi connectivity index (χ2v) is 3.09. The zero-order valence-corrected chi connectivity index (χ0v) is 6.80. The van der Waals surface area contributed by atoms with E-state index in [0.717, 1.165) is 6.21 Å². The van der Waals surface area contributed by atoms with Crippen LogP contribution in [0.1, 0.15) is 0 Å². The highest BCUT2D eigenvalue weighted by atomic mass is 32.2. The number of carbonyl (C=O) groups is 2. The van der Waals surface area contributed by atoms with E-state index in [4.69, 9.17) is 0 Å². The van der Waals surface area contributed by atoms with Gasteiger partial charge in [-0.3, -0.25) is 14.5 Å². The van der Waals surface area contributed by atoms with Crippen molar-refractivity contribution in [1.82, 2.24) is 10.3 Å². The second-order valence-electron chi connectivity index (χ2n) is 2.26. The van der Waals surface area contributed by atoms with Crippen LogP contribution in [-0.2, 0) is 9.59 Å². The van der Waals surface area contributed by atoms with Crippen molar-refractivity contribution in [3.63, 3.8) is 0 Å². The summed E-state index contributed by atoms with van der Waals surface area (Å²) in [5.74, 6) is -0.0974. The largest absolute Gasteiger partial charge is 0.292 e. The Bertz CT molecular complexity index is 308. The van der Waals surface area contributed by atoms with E-state index in [1.165, 1.54) is 16.7 Å². The first-order valence-corrected chi connectivity index (χ1v) is 4.30. The van der Waals surface area contributed by atoms with Gasteiger partial charge in [-0.25, -0.2) is 5.43 Å². The van der Waals surface area contributed by atoms with Crippen molar-refractivity contribution in [3.05, 3.63) is 11.1 Å². The minimum atomic E-state index is -0.331. The second kappa shape index (κ2) is 2.63. The Balaban J connectivity index is 2.37. The minimum absolute atomic E-state index is 0.260. The van der Waals surface area contributed by atoms with Crippen LogP contribution >= 0.6 is 11.8 Å². The summed E-state index contributed by atoms with van der Waals surface area (Å²) in [7, 11) is 0. The Kier molecular flexibility index (Phi) is 1.61. The molecule has 0 fully saturated rings. The fourth-order valence-electron chi connectivity index (χ4n) is 0.955. The van der Waals surface area contributed by atoms with Gasteiger partial charge in [0.1, 0.15) is 11.9 Å². The summed E-state index contributed by atoms with van der Waals surface area (Å²) in [4.78, 5) is 23.7. The molecule has 0 radical (unpaired) electrons. The number of thioether (sulfide) groups is 1. The van der Waals surface area contributed by atoms with Gasteiger partial charge in [0, 0.05) is 5.41 Å². The molecule has 0 unspecified atom stereocenters. The molecule has 0 saturated heterocycles. The van der Waals surface area contributed by atoms with Crippen molar-refractivity contribution in [3.8, 4) is 0 Å². The lowest BCUT2D eigenvalue weighted by Crippen LogP contribution is -2.31. The highest BCUT2D eigenvalue weighted by Gasteiger charge is 2.28. The molecular formula is C6H5N3O2S. The third kappa shape index (κ3) is 1.00. The van der Waals surface area contributed by atoms with Crippen molar-refractivity contribution >= 4 is 29.8 Å². The van der Waals surface area contributed by atoms with Crippen LogP contribution < -0.4 is 5.43 Å². The molecule has 1 N–H and O–H groups in total. The number of hydrogen-bond donors (Lipinski definition) is 1. The lowest BCUT2D eigenvalue weighted by molar-refractivity contribution is -0.125. The molecule has 6 heteroatoms. The fourth-order valence-corrected chi connectivity index (χ4v) is 1.84. The number of fused-ring (bicyclic) bond motifs is 1. The van der Waals surface area contributed by atoms with Crippen LogP contribution in [0.25, 0.3) is 0 Å². The van der Waals surface area contributed by atoms with Crippen molar-refractivity contribution < 1.29 is 9.59 Å². The molecule has 2 rings (SSSR count). The molecule has 62 valence electrons. The minimum Gasteiger partial charge on any atom is -0.292 e. The first-order valence-electron chi connectivity index (χ1n) is 3.26. The van der Waals surface area contributed by atoms with E-state index in [1.54, 1.807) is 5.41 Å². The molecule has 0 spiro atoms. The van der Waals surface area contributed by atoms with E-state index in [1.807, 2.05) is 0 Å². The van der Waals surface area contributed by atoms with Crippen LogP contribution in [0.4, 0.5) is 0 Å². The summed E-state index contributed by atoms with van der Waals surface area (Å²) in [6.07, 6.45) is 1.10. The summed E-state index contributed by atoms with van der Waals surface area (Å²) in [5.41, 5.74) is 2.61.